The number of fused-ring (bicyclic) bond motifs is 1. The largest absolute Gasteiger partial charge is 0.348 e. The quantitative estimate of drug-likeness (QED) is 0.710. The zero-order chi connectivity index (χ0) is 15.0. The van der Waals surface area contributed by atoms with E-state index in [1.807, 2.05) is 0 Å². The van der Waals surface area contributed by atoms with Crippen molar-refractivity contribution in [2.75, 3.05) is 5.32 Å². The van der Waals surface area contributed by atoms with Gasteiger partial charge in [-0.15, -0.1) is 5.10 Å². The summed E-state index contributed by atoms with van der Waals surface area (Å²) < 4.78 is 1.15. The van der Waals surface area contributed by atoms with E-state index in [1.54, 1.807) is 36.4 Å². The van der Waals surface area contributed by atoms with Crippen LogP contribution >= 0.6 is 34.8 Å². The van der Waals surface area contributed by atoms with Crippen LogP contribution in [0, 0.1) is 0 Å². The zero-order valence-corrected chi connectivity index (χ0v) is 12.6. The summed E-state index contributed by atoms with van der Waals surface area (Å²) in [6.45, 7) is 0. The number of rotatable bonds is 1. The van der Waals surface area contributed by atoms with Gasteiger partial charge in [0.15, 0.2) is 0 Å². The summed E-state index contributed by atoms with van der Waals surface area (Å²) in [6, 6.07) is 9.30. The summed E-state index contributed by atoms with van der Waals surface area (Å²) in [6.07, 6.45) is 0. The van der Waals surface area contributed by atoms with E-state index < -0.39 is 6.03 Å². The van der Waals surface area contributed by atoms with Crippen LogP contribution in [0.25, 0.3) is 11.0 Å². The number of hydrogen-bond donors (Lipinski definition) is 1. The van der Waals surface area contributed by atoms with Crippen LogP contribution in [0.5, 0.6) is 0 Å². The number of carbonyl (C=O) groups excluding carboxylic acids is 1. The van der Waals surface area contributed by atoms with Crippen LogP contribution in [-0.4, -0.2) is 21.0 Å². The molecule has 1 heterocycles. The maximum Gasteiger partial charge on any atom is 0.348 e. The third-order valence-corrected chi connectivity index (χ3v) is 3.74. The Balaban J connectivity index is 1.91. The van der Waals surface area contributed by atoms with E-state index in [1.165, 1.54) is 0 Å². The minimum Gasteiger partial charge on any atom is -0.306 e. The van der Waals surface area contributed by atoms with Crippen molar-refractivity contribution >= 4 is 57.6 Å². The Hall–Kier alpha value is -1.82. The van der Waals surface area contributed by atoms with Gasteiger partial charge in [-0.1, -0.05) is 40.0 Å². The molecule has 106 valence electrons. The first kappa shape index (κ1) is 14.1. The molecule has 0 bridgehead atoms. The van der Waals surface area contributed by atoms with Crippen molar-refractivity contribution in [1.29, 1.82) is 0 Å². The van der Waals surface area contributed by atoms with Gasteiger partial charge in [0.25, 0.3) is 0 Å². The first-order valence-electron chi connectivity index (χ1n) is 5.82. The fourth-order valence-electron chi connectivity index (χ4n) is 1.80. The van der Waals surface area contributed by atoms with E-state index in [0.717, 1.165) is 4.68 Å². The number of nitrogens with one attached hydrogen (secondary N) is 1. The number of nitrogens with zero attached hydrogens (tertiary/aromatic N) is 3. The molecule has 0 aliphatic heterocycles. The molecule has 3 rings (SSSR count). The Kier molecular flexibility index (Phi) is 3.71. The summed E-state index contributed by atoms with van der Waals surface area (Å²) in [5, 5.41) is 11.7. The van der Waals surface area contributed by atoms with E-state index in [2.05, 4.69) is 15.6 Å². The molecule has 0 radical (unpaired) electrons. The van der Waals surface area contributed by atoms with Crippen molar-refractivity contribution in [3.8, 4) is 0 Å². The molecule has 21 heavy (non-hydrogen) atoms. The molecule has 0 fully saturated rings. The van der Waals surface area contributed by atoms with Crippen molar-refractivity contribution in [1.82, 2.24) is 15.0 Å². The zero-order valence-electron chi connectivity index (χ0n) is 10.3. The fourth-order valence-corrected chi connectivity index (χ4v) is 2.26. The van der Waals surface area contributed by atoms with Crippen LogP contribution in [0.1, 0.15) is 0 Å². The molecule has 0 aliphatic rings. The smallest absolute Gasteiger partial charge is 0.306 e. The minimum atomic E-state index is -0.460. The predicted molar refractivity (Wildman–Crippen MR) is 83.4 cm³/mol. The van der Waals surface area contributed by atoms with Gasteiger partial charge in [0, 0.05) is 10.7 Å². The van der Waals surface area contributed by atoms with E-state index in [4.69, 9.17) is 34.8 Å². The number of carbonyl (C=O) groups is 1. The van der Waals surface area contributed by atoms with Crippen LogP contribution in [0.4, 0.5) is 10.5 Å². The Morgan fingerprint density at radius 2 is 1.86 bits per heavy atom. The molecule has 3 aromatic rings. The molecule has 0 saturated carbocycles. The molecule has 0 aliphatic carbocycles. The summed E-state index contributed by atoms with van der Waals surface area (Å²) in [7, 11) is 0. The molecule has 1 amide bonds. The molecule has 1 N–H and O–H groups in total. The second-order valence-electron chi connectivity index (χ2n) is 4.19. The van der Waals surface area contributed by atoms with Crippen molar-refractivity contribution in [3.63, 3.8) is 0 Å². The number of amides is 1. The molecular weight excluding hydrogens is 335 g/mol. The van der Waals surface area contributed by atoms with Crippen LogP contribution < -0.4 is 5.32 Å². The van der Waals surface area contributed by atoms with Crippen LogP contribution in [0.2, 0.25) is 15.1 Å². The van der Waals surface area contributed by atoms with Gasteiger partial charge in [-0.2, -0.15) is 4.68 Å². The van der Waals surface area contributed by atoms with E-state index in [0.29, 0.717) is 31.8 Å². The van der Waals surface area contributed by atoms with Gasteiger partial charge in [0.2, 0.25) is 0 Å². The molecule has 2 aromatic carbocycles. The summed E-state index contributed by atoms with van der Waals surface area (Å²) >= 11 is 17.6. The molecule has 8 heteroatoms. The lowest BCUT2D eigenvalue weighted by Crippen LogP contribution is -2.20. The van der Waals surface area contributed by atoms with Crippen molar-refractivity contribution in [2.45, 2.75) is 0 Å². The predicted octanol–water partition coefficient (Wildman–Crippen LogP) is 4.47. The van der Waals surface area contributed by atoms with E-state index >= 15 is 0 Å². The lowest BCUT2D eigenvalue weighted by atomic mass is 10.3. The number of hydrogen-bond acceptors (Lipinski definition) is 3. The maximum atomic E-state index is 12.2. The first-order valence-corrected chi connectivity index (χ1v) is 6.95. The van der Waals surface area contributed by atoms with Gasteiger partial charge >= 0.3 is 6.03 Å². The van der Waals surface area contributed by atoms with Crippen LogP contribution in [0.3, 0.4) is 0 Å². The van der Waals surface area contributed by atoms with Gasteiger partial charge < -0.3 is 5.32 Å². The SMILES string of the molecule is O=C(Nc1ccc(Cl)c(Cl)c1)n1nnc2cc(Cl)ccc21. The van der Waals surface area contributed by atoms with Crippen molar-refractivity contribution in [3.05, 3.63) is 51.5 Å². The van der Waals surface area contributed by atoms with Crippen LogP contribution in [0.15, 0.2) is 36.4 Å². The van der Waals surface area contributed by atoms with Crippen LogP contribution in [-0.2, 0) is 0 Å². The lowest BCUT2D eigenvalue weighted by molar-refractivity contribution is 0.251. The number of aromatic nitrogens is 3. The van der Waals surface area contributed by atoms with E-state index in [9.17, 15) is 4.79 Å². The Bertz CT molecular complexity index is 847. The summed E-state index contributed by atoms with van der Waals surface area (Å²) in [4.78, 5) is 12.2. The highest BCUT2D eigenvalue weighted by molar-refractivity contribution is 6.42. The summed E-state index contributed by atoms with van der Waals surface area (Å²) in [5.74, 6) is 0. The average Bonchev–Trinajstić information content (AvgIpc) is 2.85. The van der Waals surface area contributed by atoms with Gasteiger partial charge in [0.1, 0.15) is 5.52 Å². The summed E-state index contributed by atoms with van der Waals surface area (Å²) in [5.41, 5.74) is 1.59. The monoisotopic (exact) mass is 340 g/mol. The van der Waals surface area contributed by atoms with Gasteiger partial charge in [-0.05, 0) is 36.4 Å². The third-order valence-electron chi connectivity index (χ3n) is 2.77. The first-order chi connectivity index (χ1) is 10.0. The molecule has 5 nitrogen and oxygen atoms in total. The van der Waals surface area contributed by atoms with Gasteiger partial charge in [0.05, 0.1) is 15.6 Å². The highest BCUT2D eigenvalue weighted by Gasteiger charge is 2.12. The fraction of sp³-hybridized carbons (Fsp3) is 0. The third kappa shape index (κ3) is 2.81. The second kappa shape index (κ2) is 5.52. The Labute approximate surface area is 134 Å². The number of benzene rings is 2. The number of halogens is 3. The maximum absolute atomic E-state index is 12.2. The number of anilines is 1. The molecule has 0 unspecified atom stereocenters. The topological polar surface area (TPSA) is 59.8 Å². The normalized spacial score (nSPS) is 10.8. The molecule has 1 aromatic heterocycles. The molecule has 0 spiro atoms. The van der Waals surface area contributed by atoms with Gasteiger partial charge in [-0.25, -0.2) is 4.79 Å². The lowest BCUT2D eigenvalue weighted by Gasteiger charge is -2.06. The van der Waals surface area contributed by atoms with E-state index in [-0.39, 0.29) is 0 Å². The minimum absolute atomic E-state index is 0.352. The molecule has 0 atom stereocenters. The highest BCUT2D eigenvalue weighted by Crippen LogP contribution is 2.25. The standard InChI is InChI=1S/C13H7Cl3N4O/c14-7-1-4-12-11(5-7)18-19-20(12)13(21)17-8-2-3-9(15)10(16)6-8/h1-6H,(H,17,21). The van der Waals surface area contributed by atoms with Crippen molar-refractivity contribution < 1.29 is 4.79 Å². The van der Waals surface area contributed by atoms with Gasteiger partial charge in [-0.3, -0.25) is 0 Å². The average molecular weight is 342 g/mol. The Morgan fingerprint density at radius 3 is 2.62 bits per heavy atom. The van der Waals surface area contributed by atoms with Crippen molar-refractivity contribution in [2.24, 2.45) is 0 Å². The second-order valence-corrected chi connectivity index (χ2v) is 5.44. The molecule has 0 saturated heterocycles. The highest BCUT2D eigenvalue weighted by atomic mass is 35.5. The molecular formula is C13H7Cl3N4O. The Morgan fingerprint density at radius 1 is 1.05 bits per heavy atom.